The summed E-state index contributed by atoms with van der Waals surface area (Å²) in [4.78, 5) is 13.8. The fourth-order valence-electron chi connectivity index (χ4n) is 3.78. The number of benzene rings is 2. The van der Waals surface area contributed by atoms with Gasteiger partial charge in [-0.25, -0.2) is 4.68 Å². The minimum absolute atomic E-state index is 0.000516. The molecule has 0 fully saturated rings. The molecule has 2 aromatic carbocycles. The summed E-state index contributed by atoms with van der Waals surface area (Å²) >= 11 is 6.49. The number of halogens is 1. The van der Waals surface area contributed by atoms with E-state index in [2.05, 4.69) is 5.10 Å². The van der Waals surface area contributed by atoms with Gasteiger partial charge in [0.2, 0.25) is 11.7 Å². The fraction of sp³-hybridized carbons (Fsp3) is 0.308. The van der Waals surface area contributed by atoms with Gasteiger partial charge in [-0.15, -0.1) is 0 Å². The van der Waals surface area contributed by atoms with Crippen molar-refractivity contribution in [2.24, 2.45) is 0 Å². The van der Waals surface area contributed by atoms with Gasteiger partial charge in [0, 0.05) is 17.1 Å². The van der Waals surface area contributed by atoms with E-state index in [0.717, 1.165) is 22.3 Å². The Morgan fingerprint density at radius 2 is 1.68 bits per heavy atom. The largest absolute Gasteiger partial charge is 0.358 e. The fourth-order valence-corrected chi connectivity index (χ4v) is 5.09. The van der Waals surface area contributed by atoms with E-state index in [4.69, 9.17) is 15.8 Å². The molecule has 34 heavy (non-hydrogen) atoms. The molecular weight excluding hydrogens is 472 g/mol. The highest BCUT2D eigenvalue weighted by Crippen LogP contribution is 2.35. The number of aromatic nitrogens is 2. The molecule has 0 spiro atoms. The summed E-state index contributed by atoms with van der Waals surface area (Å²) in [5.74, 6) is -0.446. The molecule has 3 aromatic rings. The third kappa shape index (κ3) is 4.95. The summed E-state index contributed by atoms with van der Waals surface area (Å²) in [6, 6.07) is 11.2. The van der Waals surface area contributed by atoms with E-state index in [1.54, 1.807) is 37.3 Å². The van der Waals surface area contributed by atoms with Crippen LogP contribution in [0.15, 0.2) is 52.9 Å². The average Bonchev–Trinajstić information content (AvgIpc) is 3.08. The molecule has 0 atom stereocenters. The second-order valence-electron chi connectivity index (χ2n) is 8.39. The zero-order chi connectivity index (χ0) is 25.2. The van der Waals surface area contributed by atoms with Gasteiger partial charge in [0.15, 0.2) is 0 Å². The number of allylic oxidation sites excluding steroid dienone is 2. The summed E-state index contributed by atoms with van der Waals surface area (Å²) in [6.07, 6.45) is 0.681. The normalized spacial score (nSPS) is 11.4. The Labute approximate surface area is 206 Å². The summed E-state index contributed by atoms with van der Waals surface area (Å²) in [5, 5.41) is 4.98. The summed E-state index contributed by atoms with van der Waals surface area (Å²) in [7, 11) is -4.17. The predicted molar refractivity (Wildman–Crippen MR) is 135 cm³/mol. The molecule has 3 rings (SSSR count). The molecule has 0 bridgehead atoms. The molecule has 1 heterocycles. The van der Waals surface area contributed by atoms with Crippen LogP contribution in [0.5, 0.6) is 5.88 Å². The predicted octanol–water partition coefficient (Wildman–Crippen LogP) is 6.38. The number of hydrogen-bond acceptors (Lipinski definition) is 5. The van der Waals surface area contributed by atoms with Gasteiger partial charge in [-0.1, -0.05) is 42.3 Å². The Morgan fingerprint density at radius 3 is 2.26 bits per heavy atom. The maximum Gasteiger partial charge on any atom is 0.340 e. The Bertz CT molecular complexity index is 1370. The first-order valence-electron chi connectivity index (χ1n) is 11.0. The quantitative estimate of drug-likeness (QED) is 0.265. The van der Waals surface area contributed by atoms with Gasteiger partial charge in [0.25, 0.3) is 0 Å². The van der Waals surface area contributed by atoms with Crippen LogP contribution in [-0.4, -0.2) is 24.0 Å². The van der Waals surface area contributed by atoms with Gasteiger partial charge in [-0.05, 0) is 82.0 Å². The SMILES string of the molecule is CCCn1nc(C)c(C(=O)c2ccc(Cl)c(C(C)=C(C)C)c2C)c1OS(=O)(=O)c1ccccc1. The van der Waals surface area contributed by atoms with Crippen LogP contribution in [0.25, 0.3) is 5.57 Å². The highest BCUT2D eigenvalue weighted by atomic mass is 35.5. The highest BCUT2D eigenvalue weighted by molar-refractivity contribution is 7.87. The van der Waals surface area contributed by atoms with Gasteiger partial charge in [0.05, 0.1) is 5.69 Å². The second kappa shape index (κ2) is 10.2. The van der Waals surface area contributed by atoms with Crippen LogP contribution in [0.2, 0.25) is 5.02 Å². The summed E-state index contributed by atoms with van der Waals surface area (Å²) in [6.45, 7) is 11.8. The molecule has 0 unspecified atom stereocenters. The zero-order valence-electron chi connectivity index (χ0n) is 20.3. The summed E-state index contributed by atoms with van der Waals surface area (Å²) < 4.78 is 33.0. The lowest BCUT2D eigenvalue weighted by molar-refractivity contribution is 0.103. The standard InChI is InChI=1S/C26H29ClN2O4S/c1-7-15-29-26(33-34(31,32)20-11-9-8-10-12-20)24(19(6)28-29)25(30)21-13-14-22(27)23(18(21)5)17(4)16(2)3/h8-14H,7,15H2,1-6H3. The van der Waals surface area contributed by atoms with Crippen molar-refractivity contribution in [3.63, 3.8) is 0 Å². The van der Waals surface area contributed by atoms with Crippen LogP contribution < -0.4 is 4.18 Å². The molecule has 0 saturated heterocycles. The Hall–Kier alpha value is -2.90. The average molecular weight is 501 g/mol. The Kier molecular flexibility index (Phi) is 7.68. The molecular formula is C26H29ClN2O4S. The van der Waals surface area contributed by atoms with Gasteiger partial charge < -0.3 is 4.18 Å². The minimum Gasteiger partial charge on any atom is -0.358 e. The number of hydrogen-bond donors (Lipinski definition) is 0. The minimum atomic E-state index is -4.17. The van der Waals surface area contributed by atoms with Crippen LogP contribution in [0.1, 0.15) is 66.9 Å². The number of rotatable bonds is 8. The van der Waals surface area contributed by atoms with E-state index in [0.29, 0.717) is 29.2 Å². The number of aryl methyl sites for hydroxylation is 2. The number of carbonyl (C=O) groups excluding carboxylic acids is 1. The molecule has 8 heteroatoms. The number of nitrogens with zero attached hydrogens (tertiary/aromatic N) is 2. The van der Waals surface area contributed by atoms with Crippen LogP contribution in [0.3, 0.4) is 0 Å². The van der Waals surface area contributed by atoms with Crippen LogP contribution in [-0.2, 0) is 16.7 Å². The maximum absolute atomic E-state index is 13.8. The van der Waals surface area contributed by atoms with Crippen molar-refractivity contribution in [3.8, 4) is 5.88 Å². The Morgan fingerprint density at radius 1 is 1.03 bits per heavy atom. The third-order valence-corrected chi connectivity index (χ3v) is 7.29. The second-order valence-corrected chi connectivity index (χ2v) is 10.3. The molecule has 0 radical (unpaired) electrons. The van der Waals surface area contributed by atoms with Crippen molar-refractivity contribution in [1.29, 1.82) is 0 Å². The van der Waals surface area contributed by atoms with Crippen LogP contribution in [0, 0.1) is 13.8 Å². The summed E-state index contributed by atoms with van der Waals surface area (Å²) in [5.41, 5.74) is 4.52. The Balaban J connectivity index is 2.19. The first-order chi connectivity index (χ1) is 16.0. The van der Waals surface area contributed by atoms with Crippen molar-refractivity contribution < 1.29 is 17.4 Å². The zero-order valence-corrected chi connectivity index (χ0v) is 21.8. The number of ketones is 1. The van der Waals surface area contributed by atoms with Crippen LogP contribution in [0.4, 0.5) is 0 Å². The monoisotopic (exact) mass is 500 g/mol. The van der Waals surface area contributed by atoms with Gasteiger partial charge >= 0.3 is 10.1 Å². The highest BCUT2D eigenvalue weighted by Gasteiger charge is 2.30. The molecule has 0 aliphatic rings. The van der Waals surface area contributed by atoms with Gasteiger partial charge in [0.1, 0.15) is 10.5 Å². The lowest BCUT2D eigenvalue weighted by Crippen LogP contribution is -2.16. The van der Waals surface area contributed by atoms with Crippen molar-refractivity contribution in [2.75, 3.05) is 0 Å². The molecule has 0 N–H and O–H groups in total. The molecule has 0 saturated carbocycles. The van der Waals surface area contributed by atoms with E-state index >= 15 is 0 Å². The van der Waals surface area contributed by atoms with E-state index in [9.17, 15) is 13.2 Å². The van der Waals surface area contributed by atoms with Crippen molar-refractivity contribution in [1.82, 2.24) is 9.78 Å². The van der Waals surface area contributed by atoms with E-state index in [1.807, 2.05) is 34.6 Å². The number of carbonyl (C=O) groups is 1. The molecule has 0 aliphatic heterocycles. The van der Waals surface area contributed by atoms with Crippen LogP contribution >= 0.6 is 11.6 Å². The molecule has 180 valence electrons. The van der Waals surface area contributed by atoms with E-state index in [-0.39, 0.29) is 22.1 Å². The smallest absolute Gasteiger partial charge is 0.340 e. The molecule has 1 aromatic heterocycles. The van der Waals surface area contributed by atoms with Gasteiger partial charge in [-0.2, -0.15) is 13.5 Å². The van der Waals surface area contributed by atoms with E-state index < -0.39 is 10.1 Å². The molecule has 0 aliphatic carbocycles. The van der Waals surface area contributed by atoms with Crippen molar-refractivity contribution >= 4 is 33.1 Å². The molecule has 6 nitrogen and oxygen atoms in total. The lowest BCUT2D eigenvalue weighted by atomic mass is 9.91. The van der Waals surface area contributed by atoms with Crippen molar-refractivity contribution in [3.05, 3.63) is 81.0 Å². The first-order valence-corrected chi connectivity index (χ1v) is 12.8. The van der Waals surface area contributed by atoms with Gasteiger partial charge in [-0.3, -0.25) is 4.79 Å². The maximum atomic E-state index is 13.8. The third-order valence-electron chi connectivity index (χ3n) is 5.75. The lowest BCUT2D eigenvalue weighted by Gasteiger charge is -2.15. The topological polar surface area (TPSA) is 78.3 Å². The first kappa shape index (κ1) is 25.7. The van der Waals surface area contributed by atoms with E-state index in [1.165, 1.54) is 16.8 Å². The molecule has 0 amide bonds. The van der Waals surface area contributed by atoms with Crippen molar-refractivity contribution in [2.45, 2.75) is 59.4 Å².